The molecule has 0 fully saturated rings. The number of anilines is 2. The number of hydrogen-bond donors (Lipinski definition) is 1. The van der Waals surface area contributed by atoms with Crippen molar-refractivity contribution in [2.75, 3.05) is 5.32 Å². The van der Waals surface area contributed by atoms with Crippen LogP contribution in [0.3, 0.4) is 0 Å². The van der Waals surface area contributed by atoms with E-state index in [9.17, 15) is 33.4 Å². The number of nitrogens with zero attached hydrogens (tertiary/aromatic N) is 2. The van der Waals surface area contributed by atoms with Crippen LogP contribution in [0.25, 0.3) is 0 Å². The standard InChI is InChI=1S/C14H8Cl2F3N3O4/c1-6-8(15)3-2-4-9(6)20-12-10(21(23)24)5-7(14(17,18)19)11(16)13(12)22(25)26/h2-5,20H,1H3. The lowest BCUT2D eigenvalue weighted by atomic mass is 10.1. The molecule has 2 aromatic rings. The van der Waals surface area contributed by atoms with Gasteiger partial charge in [-0.05, 0) is 24.6 Å². The molecular weight excluding hydrogens is 402 g/mol. The Labute approximate surface area is 153 Å². The molecule has 0 aliphatic carbocycles. The molecule has 0 aromatic heterocycles. The topological polar surface area (TPSA) is 98.3 Å². The molecule has 7 nitrogen and oxygen atoms in total. The van der Waals surface area contributed by atoms with Crippen LogP contribution in [-0.4, -0.2) is 9.85 Å². The van der Waals surface area contributed by atoms with Gasteiger partial charge >= 0.3 is 17.6 Å². The Balaban J connectivity index is 2.82. The third-order valence-corrected chi connectivity index (χ3v) is 4.22. The summed E-state index contributed by atoms with van der Waals surface area (Å²) in [6, 6.07) is 4.52. The van der Waals surface area contributed by atoms with Crippen molar-refractivity contribution in [3.63, 3.8) is 0 Å². The van der Waals surface area contributed by atoms with Gasteiger partial charge in [-0.15, -0.1) is 0 Å². The molecule has 0 aliphatic heterocycles. The molecule has 0 aliphatic rings. The maximum absolute atomic E-state index is 13.0. The lowest BCUT2D eigenvalue weighted by Gasteiger charge is -2.15. The van der Waals surface area contributed by atoms with Gasteiger partial charge in [-0.1, -0.05) is 29.3 Å². The Hall–Kier alpha value is -2.59. The summed E-state index contributed by atoms with van der Waals surface area (Å²) in [5.41, 5.74) is -4.33. The van der Waals surface area contributed by atoms with Gasteiger partial charge in [0.25, 0.3) is 0 Å². The Bertz CT molecular complexity index is 919. The summed E-state index contributed by atoms with van der Waals surface area (Å²) >= 11 is 11.5. The number of benzene rings is 2. The first-order valence-corrected chi connectivity index (χ1v) is 7.45. The summed E-state index contributed by atoms with van der Waals surface area (Å²) in [5.74, 6) is 0. The van der Waals surface area contributed by atoms with Crippen LogP contribution in [0.4, 0.5) is 35.9 Å². The highest BCUT2D eigenvalue weighted by Gasteiger charge is 2.42. The molecule has 0 saturated carbocycles. The number of hydrogen-bond acceptors (Lipinski definition) is 5. The molecule has 0 atom stereocenters. The lowest BCUT2D eigenvalue weighted by molar-refractivity contribution is -0.392. The summed E-state index contributed by atoms with van der Waals surface area (Å²) in [7, 11) is 0. The smallest absolute Gasteiger partial charge is 0.344 e. The monoisotopic (exact) mass is 409 g/mol. The van der Waals surface area contributed by atoms with Gasteiger partial charge in [0.1, 0.15) is 5.02 Å². The molecular formula is C14H8Cl2F3N3O4. The minimum absolute atomic E-state index is 0.138. The first kappa shape index (κ1) is 19.7. The van der Waals surface area contributed by atoms with Crippen molar-refractivity contribution in [1.82, 2.24) is 0 Å². The minimum Gasteiger partial charge on any atom is -0.344 e. The third-order valence-electron chi connectivity index (χ3n) is 3.43. The highest BCUT2D eigenvalue weighted by Crippen LogP contribution is 2.48. The summed E-state index contributed by atoms with van der Waals surface area (Å²) in [4.78, 5) is 20.2. The van der Waals surface area contributed by atoms with E-state index in [2.05, 4.69) is 5.32 Å². The molecule has 0 spiro atoms. The lowest BCUT2D eigenvalue weighted by Crippen LogP contribution is -2.11. The number of nitro groups is 2. The zero-order valence-electron chi connectivity index (χ0n) is 12.7. The fourth-order valence-corrected chi connectivity index (χ4v) is 2.65. The van der Waals surface area contributed by atoms with Gasteiger partial charge in [-0.25, -0.2) is 0 Å². The SMILES string of the molecule is Cc1c(Cl)cccc1Nc1c([N+](=O)[O-])cc(C(F)(F)F)c(Cl)c1[N+](=O)[O-]. The van der Waals surface area contributed by atoms with Gasteiger partial charge in [0.15, 0.2) is 5.69 Å². The molecule has 26 heavy (non-hydrogen) atoms. The van der Waals surface area contributed by atoms with Crippen molar-refractivity contribution in [2.45, 2.75) is 13.1 Å². The van der Waals surface area contributed by atoms with E-state index in [1.807, 2.05) is 0 Å². The van der Waals surface area contributed by atoms with Crippen molar-refractivity contribution in [1.29, 1.82) is 0 Å². The van der Waals surface area contributed by atoms with Crippen LogP contribution in [-0.2, 0) is 6.18 Å². The van der Waals surface area contributed by atoms with Crippen molar-refractivity contribution >= 4 is 46.0 Å². The number of alkyl halides is 3. The average molecular weight is 410 g/mol. The van der Waals surface area contributed by atoms with Crippen LogP contribution in [0, 0.1) is 27.2 Å². The van der Waals surface area contributed by atoms with E-state index in [-0.39, 0.29) is 16.8 Å². The molecule has 2 rings (SSSR count). The minimum atomic E-state index is -5.11. The van der Waals surface area contributed by atoms with Gasteiger partial charge in [-0.2, -0.15) is 13.2 Å². The predicted octanol–water partition coefficient (Wildman–Crippen LogP) is 5.88. The molecule has 0 radical (unpaired) electrons. The van der Waals surface area contributed by atoms with Gasteiger partial charge in [0.05, 0.1) is 15.4 Å². The highest BCUT2D eigenvalue weighted by atomic mass is 35.5. The van der Waals surface area contributed by atoms with E-state index >= 15 is 0 Å². The van der Waals surface area contributed by atoms with Gasteiger partial charge in [0.2, 0.25) is 0 Å². The number of rotatable bonds is 4. The predicted molar refractivity (Wildman–Crippen MR) is 89.2 cm³/mol. The van der Waals surface area contributed by atoms with Gasteiger partial charge < -0.3 is 5.32 Å². The molecule has 0 bridgehead atoms. The van der Waals surface area contributed by atoms with Crippen LogP contribution < -0.4 is 5.32 Å². The highest BCUT2D eigenvalue weighted by molar-refractivity contribution is 6.34. The molecule has 1 N–H and O–H groups in total. The van der Waals surface area contributed by atoms with Crippen molar-refractivity contribution in [2.24, 2.45) is 0 Å². The van der Waals surface area contributed by atoms with E-state index in [4.69, 9.17) is 23.2 Å². The second-order valence-electron chi connectivity index (χ2n) is 5.03. The van der Waals surface area contributed by atoms with E-state index < -0.39 is 43.7 Å². The first-order chi connectivity index (χ1) is 11.9. The van der Waals surface area contributed by atoms with Gasteiger partial charge in [-0.3, -0.25) is 20.2 Å². The van der Waals surface area contributed by atoms with Crippen molar-refractivity contribution in [3.8, 4) is 0 Å². The Morgan fingerprint density at radius 2 is 1.73 bits per heavy atom. The fraction of sp³-hybridized carbons (Fsp3) is 0.143. The first-order valence-electron chi connectivity index (χ1n) is 6.69. The van der Waals surface area contributed by atoms with Crippen molar-refractivity contribution < 1.29 is 23.0 Å². The van der Waals surface area contributed by atoms with Crippen molar-refractivity contribution in [3.05, 3.63) is 65.7 Å². The molecule has 138 valence electrons. The quantitative estimate of drug-likeness (QED) is 0.501. The normalized spacial score (nSPS) is 11.3. The van der Waals surface area contributed by atoms with Crippen LogP contribution in [0.15, 0.2) is 24.3 Å². The number of nitrogens with one attached hydrogen (secondary N) is 1. The van der Waals surface area contributed by atoms with Crippen LogP contribution in [0.2, 0.25) is 10.0 Å². The molecule has 2 aromatic carbocycles. The van der Waals surface area contributed by atoms with Gasteiger partial charge in [0, 0.05) is 16.8 Å². The maximum Gasteiger partial charge on any atom is 0.418 e. The summed E-state index contributed by atoms with van der Waals surface area (Å²) in [6.45, 7) is 1.52. The Morgan fingerprint density at radius 3 is 2.23 bits per heavy atom. The summed E-state index contributed by atoms with van der Waals surface area (Å²) in [5, 5.41) is 23.9. The Morgan fingerprint density at radius 1 is 1.12 bits per heavy atom. The maximum atomic E-state index is 13.0. The van der Waals surface area contributed by atoms with E-state index in [0.29, 0.717) is 5.56 Å². The third kappa shape index (κ3) is 3.65. The second kappa shape index (κ2) is 6.96. The zero-order valence-corrected chi connectivity index (χ0v) is 14.2. The fourth-order valence-electron chi connectivity index (χ4n) is 2.15. The van der Waals surface area contributed by atoms with Crippen LogP contribution >= 0.6 is 23.2 Å². The molecule has 0 heterocycles. The summed E-state index contributed by atoms with van der Waals surface area (Å²) < 4.78 is 39.1. The zero-order chi connectivity index (χ0) is 19.8. The molecule has 0 amide bonds. The average Bonchev–Trinajstić information content (AvgIpc) is 2.50. The number of halogens is 5. The van der Waals surface area contributed by atoms with E-state index in [0.717, 1.165) is 0 Å². The molecule has 0 saturated heterocycles. The van der Waals surface area contributed by atoms with E-state index in [1.165, 1.54) is 25.1 Å². The Kier molecular flexibility index (Phi) is 5.28. The summed E-state index contributed by atoms with van der Waals surface area (Å²) in [6.07, 6.45) is -5.11. The largest absolute Gasteiger partial charge is 0.418 e. The molecule has 12 heteroatoms. The van der Waals surface area contributed by atoms with E-state index in [1.54, 1.807) is 0 Å². The molecule has 0 unspecified atom stereocenters. The van der Waals surface area contributed by atoms with Crippen LogP contribution in [0.1, 0.15) is 11.1 Å². The number of nitro benzene ring substituents is 2. The second-order valence-corrected chi connectivity index (χ2v) is 5.82. The van der Waals surface area contributed by atoms with Crippen LogP contribution in [0.5, 0.6) is 0 Å².